The molecule has 1 aliphatic rings. The average molecular weight is 157 g/mol. The largest absolute Gasteiger partial charge is 0.391 e. The molecular formula is C9H19NO. The third-order valence-electron chi connectivity index (χ3n) is 2.50. The molecule has 0 aromatic carbocycles. The summed E-state index contributed by atoms with van der Waals surface area (Å²) >= 11 is 0. The summed E-state index contributed by atoms with van der Waals surface area (Å²) in [6.07, 6.45) is 0.804. The van der Waals surface area contributed by atoms with Crippen LogP contribution < -0.4 is 0 Å². The first kappa shape index (κ1) is 9.01. The lowest BCUT2D eigenvalue weighted by atomic mass is 9.84. The Morgan fingerprint density at radius 1 is 1.36 bits per heavy atom. The minimum absolute atomic E-state index is 0.125. The molecule has 1 aliphatic heterocycles. The van der Waals surface area contributed by atoms with Crippen LogP contribution in [0.5, 0.6) is 0 Å². The highest BCUT2D eigenvalue weighted by atomic mass is 16.3. The zero-order chi connectivity index (χ0) is 8.65. The van der Waals surface area contributed by atoms with Gasteiger partial charge in [0, 0.05) is 12.6 Å². The van der Waals surface area contributed by atoms with E-state index >= 15 is 0 Å². The van der Waals surface area contributed by atoms with Gasteiger partial charge in [-0.2, -0.15) is 0 Å². The van der Waals surface area contributed by atoms with E-state index in [0.29, 0.717) is 6.04 Å². The minimum atomic E-state index is -0.125. The Balaban J connectivity index is 2.69. The molecule has 0 amide bonds. The van der Waals surface area contributed by atoms with E-state index in [1.807, 2.05) is 0 Å². The second kappa shape index (κ2) is 2.76. The van der Waals surface area contributed by atoms with Gasteiger partial charge < -0.3 is 10.0 Å². The number of likely N-dealkylation sites (tertiary alicyclic amines) is 1. The van der Waals surface area contributed by atoms with Gasteiger partial charge in [0.15, 0.2) is 0 Å². The van der Waals surface area contributed by atoms with E-state index in [1.165, 1.54) is 0 Å². The summed E-state index contributed by atoms with van der Waals surface area (Å²) < 4.78 is 0. The molecule has 0 spiro atoms. The van der Waals surface area contributed by atoms with Crippen molar-refractivity contribution >= 4 is 0 Å². The number of likely N-dealkylation sites (N-methyl/N-ethyl adjacent to an activating group) is 1. The lowest BCUT2D eigenvalue weighted by Crippen LogP contribution is -2.42. The molecule has 2 heteroatoms. The lowest BCUT2D eigenvalue weighted by molar-refractivity contribution is 0.0579. The number of nitrogens with zero attached hydrogens (tertiary/aromatic N) is 1. The summed E-state index contributed by atoms with van der Waals surface area (Å²) in [6.45, 7) is 7.58. The molecule has 1 N–H and O–H groups in total. The number of hydrogen-bond acceptors (Lipinski definition) is 2. The van der Waals surface area contributed by atoms with Gasteiger partial charge in [-0.15, -0.1) is 0 Å². The SMILES string of the molecule is CN1CC[C@H](O)[C@H]1C(C)(C)C. The maximum Gasteiger partial charge on any atom is 0.0712 e. The Hall–Kier alpha value is -0.0800. The van der Waals surface area contributed by atoms with E-state index in [1.54, 1.807) is 0 Å². The van der Waals surface area contributed by atoms with Crippen molar-refractivity contribution in [2.75, 3.05) is 13.6 Å². The van der Waals surface area contributed by atoms with Crippen LogP contribution in [0.25, 0.3) is 0 Å². The first-order valence-corrected chi connectivity index (χ1v) is 4.31. The summed E-state index contributed by atoms with van der Waals surface area (Å²) in [4.78, 5) is 2.25. The molecule has 0 unspecified atom stereocenters. The van der Waals surface area contributed by atoms with Gasteiger partial charge in [0.05, 0.1) is 6.10 Å². The zero-order valence-electron chi connectivity index (χ0n) is 7.96. The normalized spacial score (nSPS) is 34.6. The average Bonchev–Trinajstić information content (AvgIpc) is 2.08. The van der Waals surface area contributed by atoms with Gasteiger partial charge in [-0.1, -0.05) is 20.8 Å². The van der Waals surface area contributed by atoms with E-state index in [-0.39, 0.29) is 11.5 Å². The molecule has 1 heterocycles. The third-order valence-corrected chi connectivity index (χ3v) is 2.50. The molecule has 11 heavy (non-hydrogen) atoms. The Kier molecular flexibility index (Phi) is 2.26. The first-order valence-electron chi connectivity index (χ1n) is 4.31. The molecule has 1 rings (SSSR count). The van der Waals surface area contributed by atoms with Crippen LogP contribution in [-0.2, 0) is 0 Å². The maximum atomic E-state index is 9.65. The predicted molar refractivity (Wildman–Crippen MR) is 46.5 cm³/mol. The smallest absolute Gasteiger partial charge is 0.0712 e. The van der Waals surface area contributed by atoms with E-state index in [4.69, 9.17) is 0 Å². The van der Waals surface area contributed by atoms with Crippen molar-refractivity contribution in [2.45, 2.75) is 39.3 Å². The fourth-order valence-corrected chi connectivity index (χ4v) is 2.16. The molecule has 1 fully saturated rings. The maximum absolute atomic E-state index is 9.65. The third kappa shape index (κ3) is 1.74. The fourth-order valence-electron chi connectivity index (χ4n) is 2.16. The summed E-state index contributed by atoms with van der Waals surface area (Å²) in [7, 11) is 2.09. The van der Waals surface area contributed by atoms with Gasteiger partial charge >= 0.3 is 0 Å². The molecule has 2 nitrogen and oxygen atoms in total. The lowest BCUT2D eigenvalue weighted by Gasteiger charge is -2.34. The standard InChI is InChI=1S/C9H19NO/c1-9(2,3)8-7(11)5-6-10(8)4/h7-8,11H,5-6H2,1-4H3/t7-,8-/m0/s1. The highest BCUT2D eigenvalue weighted by Gasteiger charge is 2.38. The van der Waals surface area contributed by atoms with E-state index in [2.05, 4.69) is 32.7 Å². The summed E-state index contributed by atoms with van der Waals surface area (Å²) in [5, 5.41) is 9.65. The number of hydrogen-bond donors (Lipinski definition) is 1. The van der Waals surface area contributed by atoms with Gasteiger partial charge in [0.25, 0.3) is 0 Å². The molecule has 0 saturated carbocycles. The van der Waals surface area contributed by atoms with Gasteiger partial charge in [0.2, 0.25) is 0 Å². The van der Waals surface area contributed by atoms with Crippen LogP contribution in [-0.4, -0.2) is 35.7 Å². The highest BCUT2D eigenvalue weighted by molar-refractivity contribution is 4.92. The van der Waals surface area contributed by atoms with Crippen molar-refractivity contribution in [1.29, 1.82) is 0 Å². The highest BCUT2D eigenvalue weighted by Crippen LogP contribution is 2.31. The van der Waals surface area contributed by atoms with Crippen molar-refractivity contribution in [2.24, 2.45) is 5.41 Å². The first-order chi connectivity index (χ1) is 4.93. The van der Waals surface area contributed by atoms with Crippen molar-refractivity contribution in [1.82, 2.24) is 4.90 Å². The van der Waals surface area contributed by atoms with Crippen molar-refractivity contribution in [3.63, 3.8) is 0 Å². The van der Waals surface area contributed by atoms with Crippen LogP contribution in [0.15, 0.2) is 0 Å². The van der Waals surface area contributed by atoms with Crippen molar-refractivity contribution in [3.8, 4) is 0 Å². The number of rotatable bonds is 0. The van der Waals surface area contributed by atoms with Gasteiger partial charge in [-0.25, -0.2) is 0 Å². The molecule has 0 aliphatic carbocycles. The van der Waals surface area contributed by atoms with Crippen LogP contribution in [0.4, 0.5) is 0 Å². The van der Waals surface area contributed by atoms with Crippen LogP contribution in [0, 0.1) is 5.41 Å². The molecule has 0 bridgehead atoms. The molecular weight excluding hydrogens is 138 g/mol. The van der Waals surface area contributed by atoms with Crippen LogP contribution in [0.1, 0.15) is 27.2 Å². The van der Waals surface area contributed by atoms with Gasteiger partial charge in [-0.05, 0) is 18.9 Å². The van der Waals surface area contributed by atoms with Crippen LogP contribution >= 0.6 is 0 Å². The van der Waals surface area contributed by atoms with Crippen molar-refractivity contribution < 1.29 is 5.11 Å². The quantitative estimate of drug-likeness (QED) is 0.569. The van der Waals surface area contributed by atoms with Crippen LogP contribution in [0.2, 0.25) is 0 Å². The van der Waals surface area contributed by atoms with E-state index in [9.17, 15) is 5.11 Å². The molecule has 2 atom stereocenters. The van der Waals surface area contributed by atoms with E-state index < -0.39 is 0 Å². The second-order valence-electron chi connectivity index (χ2n) is 4.65. The number of aliphatic hydroxyl groups excluding tert-OH is 1. The molecule has 0 radical (unpaired) electrons. The Labute approximate surface area is 69.2 Å². The fraction of sp³-hybridized carbons (Fsp3) is 1.00. The van der Waals surface area contributed by atoms with Crippen molar-refractivity contribution in [3.05, 3.63) is 0 Å². The topological polar surface area (TPSA) is 23.5 Å². The minimum Gasteiger partial charge on any atom is -0.391 e. The summed E-state index contributed by atoms with van der Waals surface area (Å²) in [6, 6.07) is 0.336. The van der Waals surface area contributed by atoms with E-state index in [0.717, 1.165) is 13.0 Å². The Bertz CT molecular complexity index is 129. The molecule has 0 aromatic heterocycles. The number of aliphatic hydroxyl groups is 1. The summed E-state index contributed by atoms with van der Waals surface area (Å²) in [5.41, 5.74) is 0.199. The second-order valence-corrected chi connectivity index (χ2v) is 4.65. The molecule has 1 saturated heterocycles. The predicted octanol–water partition coefficient (Wildman–Crippen LogP) is 1.10. The monoisotopic (exact) mass is 157 g/mol. The van der Waals surface area contributed by atoms with Gasteiger partial charge in [-0.3, -0.25) is 0 Å². The molecule has 66 valence electrons. The van der Waals surface area contributed by atoms with Crippen LogP contribution in [0.3, 0.4) is 0 Å². The summed E-state index contributed by atoms with van der Waals surface area (Å²) in [5.74, 6) is 0. The van der Waals surface area contributed by atoms with Gasteiger partial charge in [0.1, 0.15) is 0 Å². The Morgan fingerprint density at radius 3 is 2.09 bits per heavy atom. The molecule has 0 aromatic rings. The Morgan fingerprint density at radius 2 is 1.91 bits per heavy atom. The zero-order valence-corrected chi connectivity index (χ0v) is 7.96.